The summed E-state index contributed by atoms with van der Waals surface area (Å²) in [5.74, 6) is 0.364. The molecule has 0 aliphatic heterocycles. The van der Waals surface area contributed by atoms with Gasteiger partial charge in [-0.05, 0) is 89.8 Å². The summed E-state index contributed by atoms with van der Waals surface area (Å²) in [6.07, 6.45) is 1.69. The highest BCUT2D eigenvalue weighted by Crippen LogP contribution is 2.38. The van der Waals surface area contributed by atoms with E-state index in [-0.39, 0.29) is 16.4 Å². The third-order valence-corrected chi connectivity index (χ3v) is 6.43. The van der Waals surface area contributed by atoms with Gasteiger partial charge in [0, 0.05) is 6.21 Å². The number of methoxy groups -OCH3 is 1. The summed E-state index contributed by atoms with van der Waals surface area (Å²) in [4.78, 5) is 4.57. The molecule has 0 N–H and O–H groups in total. The van der Waals surface area contributed by atoms with E-state index in [9.17, 15) is 8.42 Å². The Morgan fingerprint density at radius 1 is 0.933 bits per heavy atom. The van der Waals surface area contributed by atoms with Crippen molar-refractivity contribution >= 4 is 38.0 Å². The first kappa shape index (κ1) is 22.1. The van der Waals surface area contributed by atoms with Crippen molar-refractivity contribution in [1.82, 2.24) is 0 Å². The van der Waals surface area contributed by atoms with Gasteiger partial charge >= 0.3 is 10.1 Å². The minimum absolute atomic E-state index is 0.0717. The maximum atomic E-state index is 12.7. The molecule has 0 spiro atoms. The molecule has 7 heteroatoms. The zero-order valence-corrected chi connectivity index (χ0v) is 19.5. The van der Waals surface area contributed by atoms with Gasteiger partial charge in [-0.25, -0.2) is 0 Å². The Morgan fingerprint density at radius 2 is 1.63 bits per heavy atom. The van der Waals surface area contributed by atoms with Crippen LogP contribution in [0.5, 0.6) is 11.5 Å². The molecule has 0 aliphatic carbocycles. The SMILES string of the molecule is COc1cc(C=Nc2ccc(C)c(C)c2)cc(Br)c1OS(=O)(=O)c1ccc(C)cc1. The number of aryl methyl sites for hydroxylation is 3. The summed E-state index contributed by atoms with van der Waals surface area (Å²) in [6, 6.07) is 15.8. The topological polar surface area (TPSA) is 65.0 Å². The highest BCUT2D eigenvalue weighted by atomic mass is 79.9. The Bertz CT molecular complexity index is 1200. The zero-order chi connectivity index (χ0) is 21.9. The van der Waals surface area contributed by atoms with Gasteiger partial charge in [0.15, 0.2) is 11.5 Å². The highest BCUT2D eigenvalue weighted by Gasteiger charge is 2.21. The van der Waals surface area contributed by atoms with E-state index in [4.69, 9.17) is 8.92 Å². The van der Waals surface area contributed by atoms with Gasteiger partial charge in [0.2, 0.25) is 0 Å². The van der Waals surface area contributed by atoms with E-state index in [1.165, 1.54) is 24.8 Å². The molecule has 0 saturated carbocycles. The first-order valence-electron chi connectivity index (χ1n) is 9.19. The molecule has 156 valence electrons. The summed E-state index contributed by atoms with van der Waals surface area (Å²) in [7, 11) is -2.55. The van der Waals surface area contributed by atoms with Gasteiger partial charge in [0.1, 0.15) is 4.90 Å². The molecule has 0 radical (unpaired) electrons. The standard InChI is InChI=1S/C23H22BrNO4S/c1-15-5-9-20(10-6-15)30(26,27)29-23-21(24)12-18(13-22(23)28-4)14-25-19-8-7-16(2)17(3)11-19/h5-14H,1-4H3. The fourth-order valence-corrected chi connectivity index (χ4v) is 4.32. The van der Waals surface area contributed by atoms with Gasteiger partial charge < -0.3 is 8.92 Å². The van der Waals surface area contributed by atoms with Crippen LogP contribution in [0.3, 0.4) is 0 Å². The van der Waals surface area contributed by atoms with Crippen LogP contribution in [-0.2, 0) is 10.1 Å². The minimum atomic E-state index is -4.01. The molecular formula is C23H22BrNO4S. The van der Waals surface area contributed by atoms with Crippen LogP contribution in [0.15, 0.2) is 69.0 Å². The largest absolute Gasteiger partial charge is 0.493 e. The van der Waals surface area contributed by atoms with Gasteiger partial charge in [-0.3, -0.25) is 4.99 Å². The van der Waals surface area contributed by atoms with E-state index < -0.39 is 10.1 Å². The molecule has 0 bridgehead atoms. The fourth-order valence-electron chi connectivity index (χ4n) is 2.71. The summed E-state index contributed by atoms with van der Waals surface area (Å²) in [6.45, 7) is 5.97. The fraction of sp³-hybridized carbons (Fsp3) is 0.174. The summed E-state index contributed by atoms with van der Waals surface area (Å²) in [5, 5.41) is 0. The molecule has 3 rings (SSSR count). The van der Waals surface area contributed by atoms with Crippen LogP contribution in [0.4, 0.5) is 5.69 Å². The molecule has 0 amide bonds. The zero-order valence-electron chi connectivity index (χ0n) is 17.1. The molecule has 0 aromatic heterocycles. The summed E-state index contributed by atoms with van der Waals surface area (Å²) >= 11 is 3.39. The van der Waals surface area contributed by atoms with E-state index in [1.54, 1.807) is 30.5 Å². The highest BCUT2D eigenvalue weighted by molar-refractivity contribution is 9.10. The monoisotopic (exact) mass is 487 g/mol. The first-order chi connectivity index (χ1) is 14.2. The average Bonchev–Trinajstić information content (AvgIpc) is 2.70. The van der Waals surface area contributed by atoms with E-state index in [0.717, 1.165) is 22.4 Å². The van der Waals surface area contributed by atoms with Gasteiger partial charge in [0.05, 0.1) is 17.3 Å². The van der Waals surface area contributed by atoms with Crippen molar-refractivity contribution in [3.63, 3.8) is 0 Å². The number of halogens is 1. The van der Waals surface area contributed by atoms with Gasteiger partial charge in [-0.1, -0.05) is 23.8 Å². The Hall–Kier alpha value is -2.64. The Balaban J connectivity index is 1.91. The number of ether oxygens (including phenoxy) is 1. The second-order valence-corrected chi connectivity index (χ2v) is 9.31. The Labute approximate surface area is 185 Å². The van der Waals surface area contributed by atoms with Crippen LogP contribution < -0.4 is 8.92 Å². The maximum absolute atomic E-state index is 12.7. The molecule has 0 unspecified atom stereocenters. The molecule has 30 heavy (non-hydrogen) atoms. The Kier molecular flexibility index (Phi) is 6.63. The van der Waals surface area contributed by atoms with Gasteiger partial charge in [0.25, 0.3) is 0 Å². The van der Waals surface area contributed by atoms with E-state index in [2.05, 4.69) is 20.9 Å². The van der Waals surface area contributed by atoms with Crippen LogP contribution in [0.1, 0.15) is 22.3 Å². The second-order valence-electron chi connectivity index (χ2n) is 6.91. The molecule has 0 fully saturated rings. The van der Waals surface area contributed by atoms with Crippen molar-refractivity contribution in [3.8, 4) is 11.5 Å². The van der Waals surface area contributed by atoms with Crippen molar-refractivity contribution in [2.24, 2.45) is 4.99 Å². The van der Waals surface area contributed by atoms with Crippen LogP contribution in [-0.4, -0.2) is 21.7 Å². The molecule has 5 nitrogen and oxygen atoms in total. The second kappa shape index (κ2) is 9.02. The molecule has 0 atom stereocenters. The predicted octanol–water partition coefficient (Wildman–Crippen LogP) is 5.90. The lowest BCUT2D eigenvalue weighted by Crippen LogP contribution is -2.11. The third kappa shape index (κ3) is 5.09. The quantitative estimate of drug-likeness (QED) is 0.320. The number of rotatable bonds is 6. The van der Waals surface area contributed by atoms with Crippen LogP contribution >= 0.6 is 15.9 Å². The number of hydrogen-bond donors (Lipinski definition) is 0. The van der Waals surface area contributed by atoms with Crippen molar-refractivity contribution in [2.75, 3.05) is 7.11 Å². The van der Waals surface area contributed by atoms with Crippen molar-refractivity contribution in [1.29, 1.82) is 0 Å². The summed E-state index contributed by atoms with van der Waals surface area (Å²) in [5.41, 5.74) is 4.88. The molecule has 0 heterocycles. The number of hydrogen-bond acceptors (Lipinski definition) is 5. The number of aliphatic imine (C=N–C) groups is 1. The number of benzene rings is 3. The van der Waals surface area contributed by atoms with Gasteiger partial charge in [-0.15, -0.1) is 0 Å². The first-order valence-corrected chi connectivity index (χ1v) is 11.4. The molecular weight excluding hydrogens is 466 g/mol. The lowest BCUT2D eigenvalue weighted by atomic mass is 10.1. The van der Waals surface area contributed by atoms with Crippen LogP contribution in [0.2, 0.25) is 0 Å². The summed E-state index contributed by atoms with van der Waals surface area (Å²) < 4.78 is 36.5. The number of nitrogens with zero attached hydrogens (tertiary/aromatic N) is 1. The normalized spacial score (nSPS) is 11.6. The molecule has 0 saturated heterocycles. The van der Waals surface area contributed by atoms with E-state index in [1.807, 2.05) is 39.0 Å². The van der Waals surface area contributed by atoms with Gasteiger partial charge in [-0.2, -0.15) is 8.42 Å². The Morgan fingerprint density at radius 3 is 2.27 bits per heavy atom. The average molecular weight is 488 g/mol. The van der Waals surface area contributed by atoms with Crippen molar-refractivity contribution in [2.45, 2.75) is 25.7 Å². The van der Waals surface area contributed by atoms with E-state index >= 15 is 0 Å². The smallest absolute Gasteiger partial charge is 0.339 e. The van der Waals surface area contributed by atoms with Crippen molar-refractivity contribution < 1.29 is 17.3 Å². The minimum Gasteiger partial charge on any atom is -0.493 e. The predicted molar refractivity (Wildman–Crippen MR) is 123 cm³/mol. The lowest BCUT2D eigenvalue weighted by molar-refractivity contribution is 0.389. The van der Waals surface area contributed by atoms with Crippen molar-refractivity contribution in [3.05, 3.63) is 81.3 Å². The van der Waals surface area contributed by atoms with Crippen LogP contribution in [0, 0.1) is 20.8 Å². The molecule has 0 aliphatic rings. The third-order valence-electron chi connectivity index (χ3n) is 4.61. The maximum Gasteiger partial charge on any atom is 0.339 e. The lowest BCUT2D eigenvalue weighted by Gasteiger charge is -2.13. The van der Waals surface area contributed by atoms with E-state index in [0.29, 0.717) is 4.47 Å². The van der Waals surface area contributed by atoms with Crippen LogP contribution in [0.25, 0.3) is 0 Å². The molecule has 3 aromatic rings. The molecule has 3 aromatic carbocycles.